The first kappa shape index (κ1) is 17.7. The van der Waals surface area contributed by atoms with E-state index in [0.29, 0.717) is 13.0 Å². The summed E-state index contributed by atoms with van der Waals surface area (Å²) in [5.74, 6) is -1.09. The van der Waals surface area contributed by atoms with Crippen molar-refractivity contribution in [3.63, 3.8) is 0 Å². The number of rotatable bonds is 6. The van der Waals surface area contributed by atoms with E-state index in [1.807, 2.05) is 13.8 Å². The molecule has 0 aliphatic carbocycles. The van der Waals surface area contributed by atoms with Crippen LogP contribution in [-0.4, -0.2) is 46.5 Å². The average molecular weight is 336 g/mol. The lowest BCUT2D eigenvalue weighted by atomic mass is 9.76. The number of benzene rings is 1. The summed E-state index contributed by atoms with van der Waals surface area (Å²) in [4.78, 5) is 35.5. The molecule has 1 N–H and O–H groups in total. The van der Waals surface area contributed by atoms with Gasteiger partial charge in [-0.1, -0.05) is 19.9 Å². The zero-order valence-electron chi connectivity index (χ0n) is 13.6. The molecule has 1 fully saturated rings. The van der Waals surface area contributed by atoms with Gasteiger partial charge in [0.05, 0.1) is 16.4 Å². The minimum Gasteiger partial charge on any atom is -0.484 e. The Balaban J connectivity index is 1.98. The van der Waals surface area contributed by atoms with Crippen LogP contribution in [0.25, 0.3) is 0 Å². The van der Waals surface area contributed by atoms with Gasteiger partial charge in [0.25, 0.3) is 11.6 Å². The highest BCUT2D eigenvalue weighted by atomic mass is 16.6. The Morgan fingerprint density at radius 2 is 2.17 bits per heavy atom. The van der Waals surface area contributed by atoms with E-state index in [1.54, 1.807) is 0 Å². The fourth-order valence-corrected chi connectivity index (χ4v) is 2.86. The average Bonchev–Trinajstić information content (AvgIpc) is 3.00. The molecule has 1 saturated heterocycles. The summed E-state index contributed by atoms with van der Waals surface area (Å²) >= 11 is 0. The van der Waals surface area contributed by atoms with E-state index in [1.165, 1.54) is 29.2 Å². The Morgan fingerprint density at radius 3 is 2.71 bits per heavy atom. The lowest BCUT2D eigenvalue weighted by molar-refractivity contribution is -0.384. The summed E-state index contributed by atoms with van der Waals surface area (Å²) < 4.78 is 5.32. The maximum Gasteiger partial charge on any atom is 0.311 e. The Morgan fingerprint density at radius 1 is 1.46 bits per heavy atom. The quantitative estimate of drug-likeness (QED) is 0.628. The predicted octanol–water partition coefficient (Wildman–Crippen LogP) is 1.93. The van der Waals surface area contributed by atoms with Crippen molar-refractivity contribution < 1.29 is 24.4 Å². The first-order valence-electron chi connectivity index (χ1n) is 7.64. The second kappa shape index (κ2) is 6.86. The molecule has 130 valence electrons. The van der Waals surface area contributed by atoms with E-state index in [0.717, 1.165) is 0 Å². The molecule has 0 radical (unpaired) electrons. The molecule has 1 heterocycles. The lowest BCUT2D eigenvalue weighted by Gasteiger charge is -2.28. The number of nitro groups is 1. The number of amides is 1. The molecule has 2 rings (SSSR count). The van der Waals surface area contributed by atoms with Crippen molar-refractivity contribution >= 4 is 17.6 Å². The molecular weight excluding hydrogens is 316 g/mol. The molecule has 0 bridgehead atoms. The Bertz CT molecular complexity index is 660. The van der Waals surface area contributed by atoms with E-state index >= 15 is 0 Å². The summed E-state index contributed by atoms with van der Waals surface area (Å²) in [6.07, 6.45) is 0.405. The van der Waals surface area contributed by atoms with Gasteiger partial charge >= 0.3 is 5.97 Å². The number of carboxylic acid groups (broad SMARTS) is 1. The minimum absolute atomic E-state index is 0.0921. The zero-order valence-corrected chi connectivity index (χ0v) is 13.6. The number of likely N-dealkylation sites (tertiary alicyclic amines) is 1. The molecule has 1 unspecified atom stereocenters. The molecule has 1 aliphatic rings. The van der Waals surface area contributed by atoms with Crippen LogP contribution in [-0.2, 0) is 9.59 Å². The third-order valence-corrected chi connectivity index (χ3v) is 4.58. The van der Waals surface area contributed by atoms with Crippen molar-refractivity contribution in [2.75, 3.05) is 19.7 Å². The molecule has 1 atom stereocenters. The molecule has 0 saturated carbocycles. The summed E-state index contributed by atoms with van der Waals surface area (Å²) in [6, 6.07) is 5.58. The number of hydrogen-bond donors (Lipinski definition) is 1. The molecule has 0 aromatic heterocycles. The van der Waals surface area contributed by atoms with Gasteiger partial charge in [-0.15, -0.1) is 0 Å². The first-order valence-corrected chi connectivity index (χ1v) is 7.64. The number of nitro benzene ring substituents is 1. The first-order chi connectivity index (χ1) is 11.3. The predicted molar refractivity (Wildman–Crippen MR) is 84.7 cm³/mol. The van der Waals surface area contributed by atoms with Crippen LogP contribution in [0.3, 0.4) is 0 Å². The smallest absolute Gasteiger partial charge is 0.311 e. The summed E-state index contributed by atoms with van der Waals surface area (Å²) in [6.45, 7) is 3.90. The Hall–Kier alpha value is -2.64. The molecule has 8 nitrogen and oxygen atoms in total. The lowest BCUT2D eigenvalue weighted by Crippen LogP contribution is -2.41. The molecule has 24 heavy (non-hydrogen) atoms. The largest absolute Gasteiger partial charge is 0.484 e. The van der Waals surface area contributed by atoms with Crippen molar-refractivity contribution in [2.45, 2.75) is 20.3 Å². The summed E-state index contributed by atoms with van der Waals surface area (Å²) in [5.41, 5.74) is -1.05. The standard InChI is InChI=1S/C16H20N2O6/c1-11(2)16(15(20)21)6-7-17(10-16)14(19)9-24-13-5-3-4-12(8-13)18(22)23/h3-5,8,11H,6-7,9-10H2,1-2H3,(H,20,21). The number of carbonyl (C=O) groups excluding carboxylic acids is 1. The van der Waals surface area contributed by atoms with E-state index in [-0.39, 0.29) is 36.4 Å². The van der Waals surface area contributed by atoms with Crippen LogP contribution in [0.2, 0.25) is 0 Å². The number of ether oxygens (including phenoxy) is 1. The summed E-state index contributed by atoms with van der Waals surface area (Å²) in [5, 5.41) is 20.2. The molecule has 1 aliphatic heterocycles. The zero-order chi connectivity index (χ0) is 17.9. The highest BCUT2D eigenvalue weighted by molar-refractivity contribution is 5.81. The van der Waals surface area contributed by atoms with Gasteiger partial charge in [-0.3, -0.25) is 19.7 Å². The number of hydrogen-bond acceptors (Lipinski definition) is 5. The van der Waals surface area contributed by atoms with Crippen LogP contribution < -0.4 is 4.74 Å². The third kappa shape index (κ3) is 3.47. The van der Waals surface area contributed by atoms with Crippen LogP contribution >= 0.6 is 0 Å². The van der Waals surface area contributed by atoms with Gasteiger partial charge in [0, 0.05) is 19.2 Å². The van der Waals surface area contributed by atoms with Crippen molar-refractivity contribution in [1.82, 2.24) is 4.90 Å². The molecule has 0 spiro atoms. The van der Waals surface area contributed by atoms with Crippen LogP contribution in [0.15, 0.2) is 24.3 Å². The second-order valence-corrected chi connectivity index (χ2v) is 6.22. The molecule has 1 aromatic rings. The van der Waals surface area contributed by atoms with Crippen LogP contribution in [0, 0.1) is 21.4 Å². The molecule has 8 heteroatoms. The number of carbonyl (C=O) groups is 2. The normalized spacial score (nSPS) is 20.2. The van der Waals surface area contributed by atoms with Crippen molar-refractivity contribution in [2.24, 2.45) is 11.3 Å². The van der Waals surface area contributed by atoms with Crippen LogP contribution in [0.4, 0.5) is 5.69 Å². The van der Waals surface area contributed by atoms with Gasteiger partial charge in [-0.05, 0) is 18.4 Å². The third-order valence-electron chi connectivity index (χ3n) is 4.58. The van der Waals surface area contributed by atoms with E-state index in [9.17, 15) is 24.8 Å². The molecule has 1 amide bonds. The number of aliphatic carboxylic acids is 1. The highest BCUT2D eigenvalue weighted by Gasteiger charge is 2.48. The second-order valence-electron chi connectivity index (χ2n) is 6.22. The number of carboxylic acids is 1. The Labute approximate surface area is 139 Å². The summed E-state index contributed by atoms with van der Waals surface area (Å²) in [7, 11) is 0. The monoisotopic (exact) mass is 336 g/mol. The van der Waals surface area contributed by atoms with Crippen molar-refractivity contribution in [1.29, 1.82) is 0 Å². The Kier molecular flexibility index (Phi) is 5.06. The van der Waals surface area contributed by atoms with Crippen molar-refractivity contribution in [3.8, 4) is 5.75 Å². The van der Waals surface area contributed by atoms with Gasteiger partial charge in [-0.25, -0.2) is 0 Å². The number of non-ortho nitro benzene ring substituents is 1. The topological polar surface area (TPSA) is 110 Å². The van der Waals surface area contributed by atoms with Gasteiger partial charge in [0.1, 0.15) is 5.75 Å². The number of nitrogens with zero attached hydrogens (tertiary/aromatic N) is 2. The maximum atomic E-state index is 12.2. The van der Waals surface area contributed by atoms with E-state index in [4.69, 9.17) is 4.74 Å². The van der Waals surface area contributed by atoms with Gasteiger partial charge in [-0.2, -0.15) is 0 Å². The van der Waals surface area contributed by atoms with E-state index < -0.39 is 16.3 Å². The van der Waals surface area contributed by atoms with Gasteiger partial charge < -0.3 is 14.7 Å². The SMILES string of the molecule is CC(C)C1(C(=O)O)CCN(C(=O)COc2cccc([N+](=O)[O-])c2)C1. The molecular formula is C16H20N2O6. The van der Waals surface area contributed by atoms with Gasteiger partial charge in [0.2, 0.25) is 0 Å². The van der Waals surface area contributed by atoms with Gasteiger partial charge in [0.15, 0.2) is 6.61 Å². The van der Waals surface area contributed by atoms with Crippen LogP contribution in [0.1, 0.15) is 20.3 Å². The maximum absolute atomic E-state index is 12.2. The van der Waals surface area contributed by atoms with Crippen LogP contribution in [0.5, 0.6) is 5.75 Å². The highest BCUT2D eigenvalue weighted by Crippen LogP contribution is 2.38. The fourth-order valence-electron chi connectivity index (χ4n) is 2.86. The molecule has 1 aromatic carbocycles. The minimum atomic E-state index is -0.929. The van der Waals surface area contributed by atoms with Crippen molar-refractivity contribution in [3.05, 3.63) is 34.4 Å². The fraction of sp³-hybridized carbons (Fsp3) is 0.500. The van der Waals surface area contributed by atoms with E-state index in [2.05, 4.69) is 0 Å².